The van der Waals surface area contributed by atoms with E-state index in [1.54, 1.807) is 11.3 Å². The van der Waals surface area contributed by atoms with Crippen molar-refractivity contribution in [3.63, 3.8) is 0 Å². The summed E-state index contributed by atoms with van der Waals surface area (Å²) in [4.78, 5) is 13.1. The summed E-state index contributed by atoms with van der Waals surface area (Å²) < 4.78 is 6.30. The number of carbonyl (C=O) groups is 1. The molecule has 2 N–H and O–H groups in total. The van der Waals surface area contributed by atoms with Gasteiger partial charge in [0.2, 0.25) is 0 Å². The molecule has 1 aromatic carbocycles. The highest BCUT2D eigenvalue weighted by molar-refractivity contribution is 7.21. The van der Waals surface area contributed by atoms with Crippen molar-refractivity contribution in [2.45, 2.75) is 19.8 Å². The minimum absolute atomic E-state index is 0.00487. The molecular formula is C16H21NO3S. The summed E-state index contributed by atoms with van der Waals surface area (Å²) in [5.41, 5.74) is 1.15. The average Bonchev–Trinajstić information content (AvgIpc) is 2.86. The lowest BCUT2D eigenvalue weighted by molar-refractivity contribution is 0.0840. The van der Waals surface area contributed by atoms with Crippen molar-refractivity contribution in [1.82, 2.24) is 5.32 Å². The summed E-state index contributed by atoms with van der Waals surface area (Å²) in [5.74, 6) is -0.0350. The van der Waals surface area contributed by atoms with Gasteiger partial charge < -0.3 is 15.2 Å². The van der Waals surface area contributed by atoms with Crippen molar-refractivity contribution in [1.29, 1.82) is 0 Å². The van der Waals surface area contributed by atoms with Crippen LogP contribution in [-0.4, -0.2) is 37.4 Å². The van der Waals surface area contributed by atoms with Crippen molar-refractivity contribution < 1.29 is 14.6 Å². The van der Waals surface area contributed by atoms with Crippen molar-refractivity contribution in [2.24, 2.45) is 0 Å². The minimum atomic E-state index is -0.0350. The third-order valence-electron chi connectivity index (χ3n) is 3.17. The summed E-state index contributed by atoms with van der Waals surface area (Å²) in [6.45, 7) is 3.31. The molecule has 0 aliphatic carbocycles. The Morgan fingerprint density at radius 1 is 1.33 bits per heavy atom. The van der Waals surface area contributed by atoms with Gasteiger partial charge in [-0.05, 0) is 23.4 Å². The Hall–Kier alpha value is -1.43. The largest absolute Gasteiger partial charge is 0.394 e. The van der Waals surface area contributed by atoms with Crippen LogP contribution in [0.4, 0.5) is 0 Å². The highest BCUT2D eigenvalue weighted by atomic mass is 32.1. The number of hydrogen-bond donors (Lipinski definition) is 2. The second-order valence-corrected chi connectivity index (χ2v) is 5.80. The van der Waals surface area contributed by atoms with E-state index in [1.165, 1.54) is 5.39 Å². The normalized spacial score (nSPS) is 11.0. The fourth-order valence-electron chi connectivity index (χ4n) is 2.26. The minimum Gasteiger partial charge on any atom is -0.394 e. The maximum atomic E-state index is 12.3. The van der Waals surface area contributed by atoms with Gasteiger partial charge in [0, 0.05) is 11.2 Å². The van der Waals surface area contributed by atoms with Gasteiger partial charge in [-0.1, -0.05) is 31.5 Å². The molecular weight excluding hydrogens is 286 g/mol. The number of aliphatic hydroxyl groups is 1. The van der Waals surface area contributed by atoms with E-state index in [0.717, 1.165) is 28.0 Å². The molecule has 0 spiro atoms. The predicted octanol–water partition coefficient (Wildman–Crippen LogP) is 2.59. The molecule has 2 rings (SSSR count). The Labute approximate surface area is 128 Å². The highest BCUT2D eigenvalue weighted by Gasteiger charge is 2.17. The molecule has 0 radical (unpaired) electrons. The fraction of sp³-hybridized carbons (Fsp3) is 0.438. The zero-order valence-corrected chi connectivity index (χ0v) is 13.0. The lowest BCUT2D eigenvalue weighted by atomic mass is 10.1. The Bertz CT molecular complexity index is 594. The van der Waals surface area contributed by atoms with E-state index in [9.17, 15) is 4.79 Å². The highest BCUT2D eigenvalue weighted by Crippen LogP contribution is 2.32. The van der Waals surface area contributed by atoms with Gasteiger partial charge in [0.1, 0.15) is 0 Å². The van der Waals surface area contributed by atoms with Crippen LogP contribution in [0.25, 0.3) is 10.1 Å². The van der Waals surface area contributed by atoms with Crippen LogP contribution in [0, 0.1) is 0 Å². The molecule has 0 saturated heterocycles. The van der Waals surface area contributed by atoms with Crippen LogP contribution in [-0.2, 0) is 11.2 Å². The lowest BCUT2D eigenvalue weighted by Gasteiger charge is -2.06. The van der Waals surface area contributed by atoms with Crippen LogP contribution in [0.2, 0.25) is 0 Å². The summed E-state index contributed by atoms with van der Waals surface area (Å²) in [6.07, 6.45) is 1.92. The first kappa shape index (κ1) is 15.9. The molecule has 1 amide bonds. The molecule has 5 heteroatoms. The van der Waals surface area contributed by atoms with Gasteiger partial charge >= 0.3 is 0 Å². The van der Waals surface area contributed by atoms with Crippen LogP contribution < -0.4 is 5.32 Å². The zero-order valence-electron chi connectivity index (χ0n) is 12.2. The first-order valence-electron chi connectivity index (χ1n) is 7.25. The molecule has 4 nitrogen and oxygen atoms in total. The second kappa shape index (κ2) is 8.12. The molecule has 0 aliphatic heterocycles. The summed E-state index contributed by atoms with van der Waals surface area (Å²) in [6, 6.07) is 8.15. The van der Waals surface area contributed by atoms with Crippen LogP contribution in [0.1, 0.15) is 28.6 Å². The second-order valence-electron chi connectivity index (χ2n) is 4.75. The quantitative estimate of drug-likeness (QED) is 0.737. The number of ether oxygens (including phenoxy) is 1. The number of rotatable bonds is 8. The summed E-state index contributed by atoms with van der Waals surface area (Å²) in [5, 5.41) is 12.7. The third-order valence-corrected chi connectivity index (χ3v) is 4.38. The summed E-state index contributed by atoms with van der Waals surface area (Å²) in [7, 11) is 0. The molecule has 21 heavy (non-hydrogen) atoms. The van der Waals surface area contributed by atoms with Crippen molar-refractivity contribution in [2.75, 3.05) is 26.4 Å². The Balaban J connectivity index is 2.09. The van der Waals surface area contributed by atoms with E-state index in [2.05, 4.69) is 24.4 Å². The maximum Gasteiger partial charge on any atom is 0.261 e. The van der Waals surface area contributed by atoms with E-state index in [-0.39, 0.29) is 12.5 Å². The number of carbonyl (C=O) groups excluding carboxylic acids is 1. The van der Waals surface area contributed by atoms with E-state index < -0.39 is 0 Å². The zero-order chi connectivity index (χ0) is 15.1. The standard InChI is InChI=1S/C16H21NO3S/c1-2-5-13-12-6-3-4-7-14(12)21-15(13)16(19)17-8-10-20-11-9-18/h3-4,6-7,18H,2,5,8-11H2,1H3,(H,17,19). The lowest BCUT2D eigenvalue weighted by Crippen LogP contribution is -2.27. The molecule has 0 aliphatic rings. The Morgan fingerprint density at radius 2 is 2.14 bits per heavy atom. The van der Waals surface area contributed by atoms with E-state index in [4.69, 9.17) is 9.84 Å². The van der Waals surface area contributed by atoms with E-state index >= 15 is 0 Å². The van der Waals surface area contributed by atoms with E-state index in [0.29, 0.717) is 19.8 Å². The Morgan fingerprint density at radius 3 is 2.90 bits per heavy atom. The van der Waals surface area contributed by atoms with Gasteiger partial charge in [0.25, 0.3) is 5.91 Å². The van der Waals surface area contributed by atoms with Crippen molar-refractivity contribution in [3.05, 3.63) is 34.7 Å². The van der Waals surface area contributed by atoms with Gasteiger partial charge in [-0.15, -0.1) is 11.3 Å². The van der Waals surface area contributed by atoms with Gasteiger partial charge in [-0.3, -0.25) is 4.79 Å². The molecule has 1 aromatic heterocycles. The number of nitrogens with one attached hydrogen (secondary N) is 1. The summed E-state index contributed by atoms with van der Waals surface area (Å²) >= 11 is 1.55. The molecule has 0 unspecified atom stereocenters. The van der Waals surface area contributed by atoms with Crippen LogP contribution in [0.5, 0.6) is 0 Å². The number of amides is 1. The predicted molar refractivity (Wildman–Crippen MR) is 86.1 cm³/mol. The van der Waals surface area contributed by atoms with Crippen molar-refractivity contribution >= 4 is 27.3 Å². The SMILES string of the molecule is CCCc1c(C(=O)NCCOCCO)sc2ccccc12. The number of thiophene rings is 1. The molecule has 0 saturated carbocycles. The molecule has 114 valence electrons. The maximum absolute atomic E-state index is 12.3. The van der Waals surface area contributed by atoms with Crippen LogP contribution in [0.3, 0.4) is 0 Å². The number of benzene rings is 1. The van der Waals surface area contributed by atoms with Crippen LogP contribution in [0.15, 0.2) is 24.3 Å². The molecule has 2 aromatic rings. The molecule has 0 fully saturated rings. The fourth-order valence-corrected chi connectivity index (χ4v) is 3.43. The van der Waals surface area contributed by atoms with Crippen LogP contribution >= 0.6 is 11.3 Å². The molecule has 0 atom stereocenters. The van der Waals surface area contributed by atoms with Gasteiger partial charge in [-0.25, -0.2) is 0 Å². The van der Waals surface area contributed by atoms with Gasteiger partial charge in [0.05, 0.1) is 24.7 Å². The first-order valence-corrected chi connectivity index (χ1v) is 8.06. The number of aliphatic hydroxyl groups excluding tert-OH is 1. The smallest absolute Gasteiger partial charge is 0.261 e. The number of fused-ring (bicyclic) bond motifs is 1. The van der Waals surface area contributed by atoms with Crippen molar-refractivity contribution in [3.8, 4) is 0 Å². The molecule has 1 heterocycles. The topological polar surface area (TPSA) is 58.6 Å². The third kappa shape index (κ3) is 4.03. The van der Waals surface area contributed by atoms with Gasteiger partial charge in [0.15, 0.2) is 0 Å². The monoisotopic (exact) mass is 307 g/mol. The average molecular weight is 307 g/mol. The van der Waals surface area contributed by atoms with E-state index in [1.807, 2.05) is 12.1 Å². The molecule has 0 bridgehead atoms. The first-order chi connectivity index (χ1) is 10.3. The Kier molecular flexibility index (Phi) is 6.17. The number of aryl methyl sites for hydroxylation is 1. The number of hydrogen-bond acceptors (Lipinski definition) is 4. The van der Waals surface area contributed by atoms with Gasteiger partial charge in [-0.2, -0.15) is 0 Å².